The van der Waals surface area contributed by atoms with Gasteiger partial charge in [0.1, 0.15) is 17.1 Å². The molecule has 2 atom stereocenters. The van der Waals surface area contributed by atoms with E-state index in [0.717, 1.165) is 0 Å². The molecule has 0 bridgehead atoms. The van der Waals surface area contributed by atoms with E-state index >= 15 is 0 Å². The summed E-state index contributed by atoms with van der Waals surface area (Å²) in [6, 6.07) is 10.5. The zero-order valence-electron chi connectivity index (χ0n) is 22.3. The molecule has 0 aromatic heterocycles. The monoisotopic (exact) mass is 563 g/mol. The zero-order valence-corrected chi connectivity index (χ0v) is 24.1. The fourth-order valence-corrected chi connectivity index (χ4v) is 6.11. The summed E-state index contributed by atoms with van der Waals surface area (Å²) in [4.78, 5) is 0. The molecule has 0 aliphatic carbocycles. The number of hydrogen-bond acceptors (Lipinski definition) is 6. The SMILES string of the molecule is COc1ccccc1C(O)(c1ccccc1OC)C(NS(=O)(=O)C(F)(F)F)C(C)O[Si](C)(C)C(C)(C)C. The summed E-state index contributed by atoms with van der Waals surface area (Å²) in [5.41, 5.74) is -7.99. The molecule has 0 aliphatic rings. The molecular formula is C25H36F3NO6SSi. The van der Waals surface area contributed by atoms with E-state index in [4.69, 9.17) is 13.9 Å². The first-order valence-corrected chi connectivity index (χ1v) is 16.0. The molecule has 2 unspecified atom stereocenters. The van der Waals surface area contributed by atoms with Crippen LogP contribution < -0.4 is 14.2 Å². The average molecular weight is 564 g/mol. The second-order valence-electron chi connectivity index (χ2n) is 10.3. The third-order valence-corrected chi connectivity index (χ3v) is 12.6. The Morgan fingerprint density at radius 3 is 1.65 bits per heavy atom. The number of benzene rings is 2. The molecule has 0 heterocycles. The number of para-hydroxylation sites is 2. The number of ether oxygens (including phenoxy) is 2. The Labute approximate surface area is 218 Å². The quantitative estimate of drug-likeness (QED) is 0.388. The Morgan fingerprint density at radius 1 is 0.892 bits per heavy atom. The summed E-state index contributed by atoms with van der Waals surface area (Å²) in [7, 11) is -5.92. The number of halogens is 3. The van der Waals surface area contributed by atoms with Gasteiger partial charge in [-0.25, -0.2) is 8.42 Å². The van der Waals surface area contributed by atoms with Crippen molar-refractivity contribution in [2.45, 2.75) is 69.1 Å². The van der Waals surface area contributed by atoms with E-state index in [1.54, 1.807) is 29.0 Å². The molecule has 2 aromatic carbocycles. The van der Waals surface area contributed by atoms with Crippen LogP contribution in [0.1, 0.15) is 38.8 Å². The number of rotatable bonds is 10. The van der Waals surface area contributed by atoms with Crippen molar-refractivity contribution in [1.82, 2.24) is 4.72 Å². The highest BCUT2D eigenvalue weighted by molar-refractivity contribution is 7.90. The van der Waals surface area contributed by atoms with Crippen LogP contribution in [0.5, 0.6) is 11.5 Å². The van der Waals surface area contributed by atoms with Crippen LogP contribution in [0.4, 0.5) is 13.2 Å². The first-order valence-electron chi connectivity index (χ1n) is 11.6. The van der Waals surface area contributed by atoms with Gasteiger partial charge < -0.3 is 19.0 Å². The molecule has 0 saturated heterocycles. The van der Waals surface area contributed by atoms with Crippen LogP contribution in [0.3, 0.4) is 0 Å². The maximum absolute atomic E-state index is 13.7. The van der Waals surface area contributed by atoms with Crippen LogP contribution in [0.15, 0.2) is 48.5 Å². The molecule has 2 rings (SSSR count). The molecule has 7 nitrogen and oxygen atoms in total. The Balaban J connectivity index is 2.95. The number of hydrogen-bond donors (Lipinski definition) is 2. The van der Waals surface area contributed by atoms with E-state index in [9.17, 15) is 26.7 Å². The highest BCUT2D eigenvalue weighted by Gasteiger charge is 2.55. The van der Waals surface area contributed by atoms with Crippen LogP contribution >= 0.6 is 0 Å². The molecule has 12 heteroatoms. The molecule has 2 aromatic rings. The average Bonchev–Trinajstić information content (AvgIpc) is 2.80. The molecule has 0 radical (unpaired) electrons. The number of aliphatic hydroxyl groups is 1. The van der Waals surface area contributed by atoms with Gasteiger partial charge in [-0.05, 0) is 37.2 Å². The van der Waals surface area contributed by atoms with E-state index in [0.29, 0.717) is 0 Å². The Morgan fingerprint density at radius 2 is 1.30 bits per heavy atom. The van der Waals surface area contributed by atoms with Crippen molar-refractivity contribution >= 4 is 18.3 Å². The van der Waals surface area contributed by atoms with Gasteiger partial charge in [-0.3, -0.25) is 0 Å². The summed E-state index contributed by atoms with van der Waals surface area (Å²) < 4.78 is 84.9. The molecule has 0 saturated carbocycles. The fourth-order valence-electron chi connectivity index (χ4n) is 3.86. The van der Waals surface area contributed by atoms with Crippen molar-refractivity contribution in [3.8, 4) is 11.5 Å². The van der Waals surface area contributed by atoms with Crippen LogP contribution in [-0.4, -0.2) is 53.7 Å². The third-order valence-electron chi connectivity index (χ3n) is 6.83. The highest BCUT2D eigenvalue weighted by Crippen LogP contribution is 2.46. The Bertz CT molecular complexity index is 1130. The van der Waals surface area contributed by atoms with Gasteiger partial charge in [0.2, 0.25) is 0 Å². The summed E-state index contributed by atoms with van der Waals surface area (Å²) in [6.45, 7) is 11.0. The van der Waals surface area contributed by atoms with Crippen molar-refractivity contribution in [3.63, 3.8) is 0 Å². The lowest BCUT2D eigenvalue weighted by molar-refractivity contribution is -0.0491. The molecular weight excluding hydrogens is 527 g/mol. The maximum Gasteiger partial charge on any atom is 0.511 e. The smallest absolute Gasteiger partial charge is 0.496 e. The number of methoxy groups -OCH3 is 2. The predicted octanol–water partition coefficient (Wildman–Crippen LogP) is 5.16. The van der Waals surface area contributed by atoms with Crippen molar-refractivity contribution < 1.29 is 40.6 Å². The third kappa shape index (κ3) is 6.31. The predicted molar refractivity (Wildman–Crippen MR) is 139 cm³/mol. The zero-order chi connectivity index (χ0) is 28.4. The minimum absolute atomic E-state index is 0.0301. The Kier molecular flexibility index (Phi) is 9.19. The molecule has 0 spiro atoms. The minimum atomic E-state index is -5.93. The van der Waals surface area contributed by atoms with Gasteiger partial charge in [-0.2, -0.15) is 17.9 Å². The van der Waals surface area contributed by atoms with E-state index in [-0.39, 0.29) is 27.7 Å². The summed E-state index contributed by atoms with van der Waals surface area (Å²) in [5.74, 6) is 0.262. The van der Waals surface area contributed by atoms with Gasteiger partial charge in [-0.15, -0.1) is 0 Å². The first kappa shape index (κ1) is 31.1. The second-order valence-corrected chi connectivity index (χ2v) is 16.8. The van der Waals surface area contributed by atoms with Gasteiger partial charge >= 0.3 is 15.5 Å². The topological polar surface area (TPSA) is 94.1 Å². The van der Waals surface area contributed by atoms with E-state index in [1.807, 2.05) is 33.9 Å². The standard InChI is InChI=1S/C25H36F3NO6SSi/c1-17(35-37(7,8)23(2,3)4)22(29-36(31,32)25(26,27)28)24(30,18-13-9-11-15-20(18)33-5)19-14-10-12-16-21(19)34-6/h9-17,22,29-30H,1-8H3. The van der Waals surface area contributed by atoms with Crippen LogP contribution in [0, 0.1) is 0 Å². The van der Waals surface area contributed by atoms with Crippen LogP contribution in [0.2, 0.25) is 18.1 Å². The van der Waals surface area contributed by atoms with Crippen molar-refractivity contribution in [2.75, 3.05) is 14.2 Å². The molecule has 0 fully saturated rings. The molecule has 0 amide bonds. The number of sulfonamides is 1. The lowest BCUT2D eigenvalue weighted by Gasteiger charge is -2.45. The fraction of sp³-hybridized carbons (Fsp3) is 0.520. The van der Waals surface area contributed by atoms with Gasteiger partial charge in [0.25, 0.3) is 0 Å². The van der Waals surface area contributed by atoms with Crippen LogP contribution in [0.25, 0.3) is 0 Å². The number of alkyl halides is 3. The van der Waals surface area contributed by atoms with Gasteiger partial charge in [0, 0.05) is 11.1 Å². The van der Waals surface area contributed by atoms with Gasteiger partial charge in [-0.1, -0.05) is 57.2 Å². The van der Waals surface area contributed by atoms with Gasteiger partial charge in [0.05, 0.1) is 26.4 Å². The van der Waals surface area contributed by atoms with Crippen LogP contribution in [-0.2, 0) is 20.1 Å². The maximum atomic E-state index is 13.7. The second kappa shape index (κ2) is 10.9. The van der Waals surface area contributed by atoms with E-state index in [1.165, 1.54) is 45.4 Å². The first-order chi connectivity index (χ1) is 16.8. The molecule has 0 aliphatic heterocycles. The molecule has 208 valence electrons. The molecule has 2 N–H and O–H groups in total. The summed E-state index contributed by atoms with van der Waals surface area (Å²) >= 11 is 0. The number of nitrogens with one attached hydrogen (secondary N) is 1. The normalized spacial score (nSPS) is 15.2. The summed E-state index contributed by atoms with van der Waals surface area (Å²) in [5, 5.41) is 12.2. The lowest BCUT2D eigenvalue weighted by atomic mass is 9.77. The van der Waals surface area contributed by atoms with E-state index < -0.39 is 41.6 Å². The largest absolute Gasteiger partial charge is 0.511 e. The summed E-state index contributed by atoms with van der Waals surface area (Å²) in [6.07, 6.45) is -1.22. The van der Waals surface area contributed by atoms with Crippen molar-refractivity contribution in [2.24, 2.45) is 0 Å². The van der Waals surface area contributed by atoms with Crippen molar-refractivity contribution in [1.29, 1.82) is 0 Å². The van der Waals surface area contributed by atoms with Crippen molar-refractivity contribution in [3.05, 3.63) is 59.7 Å². The lowest BCUT2D eigenvalue weighted by Crippen LogP contribution is -2.61. The van der Waals surface area contributed by atoms with Gasteiger partial charge in [0.15, 0.2) is 8.32 Å². The Hall–Kier alpha value is -2.12. The minimum Gasteiger partial charge on any atom is -0.496 e. The highest BCUT2D eigenvalue weighted by atomic mass is 32.2. The van der Waals surface area contributed by atoms with E-state index in [2.05, 4.69) is 0 Å². The molecule has 37 heavy (non-hydrogen) atoms.